The molecule has 0 spiro atoms. The average molecular weight is 295 g/mol. The minimum absolute atomic E-state index is 0.0890. The van der Waals surface area contributed by atoms with Crippen LogP contribution in [-0.2, 0) is 4.79 Å². The van der Waals surface area contributed by atoms with Gasteiger partial charge in [-0.1, -0.05) is 51.9 Å². The molecule has 2 atom stereocenters. The number of aliphatic hydroxyl groups is 1. The molecule has 21 heavy (non-hydrogen) atoms. The predicted molar refractivity (Wildman–Crippen MR) is 86.0 cm³/mol. The van der Waals surface area contributed by atoms with Crippen molar-refractivity contribution >= 4 is 5.91 Å². The second-order valence-electron chi connectivity index (χ2n) is 7.58. The fraction of sp³-hybridized carbons (Fsp3) is 0.944. The van der Waals surface area contributed by atoms with E-state index in [1.807, 2.05) is 0 Å². The summed E-state index contributed by atoms with van der Waals surface area (Å²) in [5.74, 6) is 1.61. The van der Waals surface area contributed by atoms with Gasteiger partial charge >= 0.3 is 0 Å². The normalized spacial score (nSPS) is 31.0. The number of hydrogen-bond donors (Lipinski definition) is 2. The summed E-state index contributed by atoms with van der Waals surface area (Å²) in [6.07, 6.45) is 13.9. The maximum absolute atomic E-state index is 12.2. The molecule has 0 radical (unpaired) electrons. The molecule has 2 aliphatic rings. The molecule has 2 fully saturated rings. The second-order valence-corrected chi connectivity index (χ2v) is 7.58. The van der Waals surface area contributed by atoms with Gasteiger partial charge < -0.3 is 10.4 Å². The van der Waals surface area contributed by atoms with Crippen LogP contribution in [0.1, 0.15) is 84.0 Å². The largest absolute Gasteiger partial charge is 0.394 e. The first kappa shape index (κ1) is 16.8. The summed E-state index contributed by atoms with van der Waals surface area (Å²) >= 11 is 0. The first-order chi connectivity index (χ1) is 10.1. The van der Waals surface area contributed by atoms with Gasteiger partial charge in [-0.25, -0.2) is 0 Å². The van der Waals surface area contributed by atoms with Gasteiger partial charge in [0.2, 0.25) is 5.91 Å². The van der Waals surface area contributed by atoms with Gasteiger partial charge in [-0.2, -0.15) is 0 Å². The van der Waals surface area contributed by atoms with Crippen molar-refractivity contribution in [1.82, 2.24) is 5.32 Å². The molecule has 0 heterocycles. The van der Waals surface area contributed by atoms with Crippen molar-refractivity contribution in [3.63, 3.8) is 0 Å². The lowest BCUT2D eigenvalue weighted by molar-refractivity contribution is -0.124. The Labute approximate surface area is 129 Å². The van der Waals surface area contributed by atoms with Gasteiger partial charge in [0, 0.05) is 6.42 Å². The van der Waals surface area contributed by atoms with Crippen LogP contribution in [0, 0.1) is 11.8 Å². The van der Waals surface area contributed by atoms with Crippen LogP contribution in [0.3, 0.4) is 0 Å². The number of rotatable bonds is 6. The van der Waals surface area contributed by atoms with Gasteiger partial charge in [-0.3, -0.25) is 4.79 Å². The zero-order valence-corrected chi connectivity index (χ0v) is 13.7. The molecule has 0 aromatic carbocycles. The minimum atomic E-state index is -0.334. The third-order valence-corrected chi connectivity index (χ3v) is 5.54. The molecule has 2 unspecified atom stereocenters. The third-order valence-electron chi connectivity index (χ3n) is 5.54. The summed E-state index contributed by atoms with van der Waals surface area (Å²) in [6, 6.07) is 0. The Morgan fingerprint density at radius 2 is 1.95 bits per heavy atom. The van der Waals surface area contributed by atoms with E-state index in [2.05, 4.69) is 12.2 Å². The highest BCUT2D eigenvalue weighted by atomic mass is 16.3. The smallest absolute Gasteiger partial charge is 0.220 e. The van der Waals surface area contributed by atoms with Crippen LogP contribution in [-0.4, -0.2) is 23.2 Å². The van der Waals surface area contributed by atoms with Crippen LogP contribution in [0.2, 0.25) is 0 Å². The maximum atomic E-state index is 12.2. The van der Waals surface area contributed by atoms with Crippen LogP contribution < -0.4 is 5.32 Å². The Morgan fingerprint density at radius 3 is 2.62 bits per heavy atom. The maximum Gasteiger partial charge on any atom is 0.220 e. The van der Waals surface area contributed by atoms with Gasteiger partial charge in [-0.05, 0) is 37.5 Å². The number of carbonyl (C=O) groups is 1. The lowest BCUT2D eigenvalue weighted by Crippen LogP contribution is -2.53. The summed E-state index contributed by atoms with van der Waals surface area (Å²) in [6.45, 7) is 2.31. The molecule has 0 aromatic rings. The van der Waals surface area contributed by atoms with E-state index in [0.29, 0.717) is 12.3 Å². The van der Waals surface area contributed by atoms with Crippen molar-refractivity contribution in [2.24, 2.45) is 11.8 Å². The monoisotopic (exact) mass is 295 g/mol. The van der Waals surface area contributed by atoms with Crippen molar-refractivity contribution in [2.45, 2.75) is 89.5 Å². The Bertz CT molecular complexity index is 325. The Hall–Kier alpha value is -0.570. The predicted octanol–water partition coefficient (Wildman–Crippen LogP) is 3.79. The SMILES string of the molecule is CC1CCCC(CO)(NC(=O)CCCC2CCCCC2)C1. The first-order valence-corrected chi connectivity index (χ1v) is 9.05. The molecule has 1 amide bonds. The second kappa shape index (κ2) is 8.17. The zero-order valence-electron chi connectivity index (χ0n) is 13.7. The number of carbonyl (C=O) groups excluding carboxylic acids is 1. The molecule has 0 aromatic heterocycles. The molecular weight excluding hydrogens is 262 g/mol. The highest BCUT2D eigenvalue weighted by Gasteiger charge is 2.35. The van der Waals surface area contributed by atoms with Gasteiger partial charge in [0.15, 0.2) is 0 Å². The van der Waals surface area contributed by atoms with Crippen molar-refractivity contribution < 1.29 is 9.90 Å². The highest BCUT2D eigenvalue weighted by molar-refractivity contribution is 5.76. The quantitative estimate of drug-likeness (QED) is 0.783. The molecule has 3 nitrogen and oxygen atoms in total. The fourth-order valence-electron chi connectivity index (χ4n) is 4.34. The molecule has 2 N–H and O–H groups in total. The number of amides is 1. The summed E-state index contributed by atoms with van der Waals surface area (Å²) < 4.78 is 0. The van der Waals surface area contributed by atoms with E-state index in [1.165, 1.54) is 44.9 Å². The van der Waals surface area contributed by atoms with E-state index in [9.17, 15) is 9.90 Å². The van der Waals surface area contributed by atoms with Gasteiger partial charge in [-0.15, -0.1) is 0 Å². The molecule has 0 bridgehead atoms. The lowest BCUT2D eigenvalue weighted by Gasteiger charge is -2.39. The van der Waals surface area contributed by atoms with E-state index in [0.717, 1.165) is 31.6 Å². The Morgan fingerprint density at radius 1 is 1.19 bits per heavy atom. The minimum Gasteiger partial charge on any atom is -0.394 e. The topological polar surface area (TPSA) is 49.3 Å². The van der Waals surface area contributed by atoms with Crippen LogP contribution >= 0.6 is 0 Å². The molecule has 0 aliphatic heterocycles. The van der Waals surface area contributed by atoms with Crippen LogP contribution in [0.5, 0.6) is 0 Å². The van der Waals surface area contributed by atoms with Crippen LogP contribution in [0.15, 0.2) is 0 Å². The number of nitrogens with one attached hydrogen (secondary N) is 1. The van der Waals surface area contributed by atoms with E-state index in [1.54, 1.807) is 0 Å². The molecule has 2 rings (SSSR count). The molecular formula is C18H33NO2. The first-order valence-electron chi connectivity index (χ1n) is 9.05. The van der Waals surface area contributed by atoms with Crippen molar-refractivity contribution in [1.29, 1.82) is 0 Å². The fourth-order valence-corrected chi connectivity index (χ4v) is 4.34. The molecule has 2 aliphatic carbocycles. The summed E-state index contributed by atoms with van der Waals surface area (Å²) in [5.41, 5.74) is -0.334. The van der Waals surface area contributed by atoms with Crippen LogP contribution in [0.25, 0.3) is 0 Å². The van der Waals surface area contributed by atoms with E-state index >= 15 is 0 Å². The lowest BCUT2D eigenvalue weighted by atomic mass is 9.76. The van der Waals surface area contributed by atoms with Gasteiger partial charge in [0.05, 0.1) is 12.1 Å². The third kappa shape index (κ3) is 5.28. The molecule has 3 heteroatoms. The van der Waals surface area contributed by atoms with E-state index < -0.39 is 0 Å². The van der Waals surface area contributed by atoms with Crippen molar-refractivity contribution in [3.05, 3.63) is 0 Å². The highest BCUT2D eigenvalue weighted by Crippen LogP contribution is 2.32. The summed E-state index contributed by atoms with van der Waals surface area (Å²) in [7, 11) is 0. The number of hydrogen-bond acceptors (Lipinski definition) is 2. The van der Waals surface area contributed by atoms with E-state index in [4.69, 9.17) is 0 Å². The Kier molecular flexibility index (Phi) is 6.53. The van der Waals surface area contributed by atoms with Gasteiger partial charge in [0.1, 0.15) is 0 Å². The van der Waals surface area contributed by atoms with Gasteiger partial charge in [0.25, 0.3) is 0 Å². The van der Waals surface area contributed by atoms with Crippen molar-refractivity contribution in [3.8, 4) is 0 Å². The summed E-state index contributed by atoms with van der Waals surface area (Å²) in [4.78, 5) is 12.2. The van der Waals surface area contributed by atoms with Crippen molar-refractivity contribution in [2.75, 3.05) is 6.61 Å². The van der Waals surface area contributed by atoms with E-state index in [-0.39, 0.29) is 18.1 Å². The standard InChI is InChI=1S/C18H33NO2/c1-15-7-6-12-18(13-15,14-20)19-17(21)11-5-10-16-8-3-2-4-9-16/h15-16,20H,2-14H2,1H3,(H,19,21). The number of aliphatic hydroxyl groups excluding tert-OH is 1. The zero-order chi connectivity index (χ0) is 15.1. The van der Waals surface area contributed by atoms with Crippen LogP contribution in [0.4, 0.5) is 0 Å². The summed E-state index contributed by atoms with van der Waals surface area (Å²) in [5, 5.41) is 12.9. The molecule has 2 saturated carbocycles. The Balaban J connectivity index is 1.69. The molecule has 122 valence electrons. The average Bonchev–Trinajstić information content (AvgIpc) is 2.48. The molecule has 0 saturated heterocycles.